The molecule has 2 rings (SSSR count). The van der Waals surface area contributed by atoms with Gasteiger partial charge in [0.15, 0.2) is 11.4 Å². The van der Waals surface area contributed by atoms with Gasteiger partial charge in [-0.05, 0) is 62.9 Å². The lowest BCUT2D eigenvalue weighted by atomic mass is 9.90. The third-order valence-corrected chi connectivity index (χ3v) is 6.05. The minimum absolute atomic E-state index is 0.0510. The van der Waals surface area contributed by atoms with Gasteiger partial charge in [-0.2, -0.15) is 0 Å². The van der Waals surface area contributed by atoms with Crippen LogP contribution in [0.15, 0.2) is 48.5 Å². The fraction of sp³-hybridized carbons (Fsp3) is 0.517. The molecular formula is C29H43N3O8. The zero-order chi connectivity index (χ0) is 30.0. The molecule has 2 amide bonds. The largest absolute Gasteiger partial charge is 0.491 e. The maximum absolute atomic E-state index is 13.1. The van der Waals surface area contributed by atoms with Crippen molar-refractivity contribution in [2.24, 2.45) is 5.73 Å². The number of rotatable bonds is 12. The van der Waals surface area contributed by atoms with Gasteiger partial charge in [-0.3, -0.25) is 4.90 Å². The van der Waals surface area contributed by atoms with E-state index in [1.54, 1.807) is 40.0 Å². The van der Waals surface area contributed by atoms with Crippen molar-refractivity contribution in [3.05, 3.63) is 54.1 Å². The van der Waals surface area contributed by atoms with Gasteiger partial charge in [-0.1, -0.05) is 49.7 Å². The molecule has 2 aromatic rings. The summed E-state index contributed by atoms with van der Waals surface area (Å²) in [5.41, 5.74) is 8.24. The Bertz CT molecular complexity index is 1080. The molecule has 2 aromatic carbocycles. The number of ether oxygens (including phenoxy) is 3. The van der Waals surface area contributed by atoms with Crippen LogP contribution < -0.4 is 16.0 Å². The minimum atomic E-state index is -2.52. The van der Waals surface area contributed by atoms with E-state index >= 15 is 0 Å². The second kappa shape index (κ2) is 14.3. The predicted molar refractivity (Wildman–Crippen MR) is 150 cm³/mol. The zero-order valence-electron chi connectivity index (χ0n) is 24.2. The molecule has 1 atom stereocenters. The van der Waals surface area contributed by atoms with Crippen molar-refractivity contribution >= 4 is 12.2 Å². The van der Waals surface area contributed by atoms with Crippen molar-refractivity contribution in [1.82, 2.24) is 10.4 Å². The molecule has 0 aliphatic heterocycles. The molecule has 0 radical (unpaired) electrons. The summed E-state index contributed by atoms with van der Waals surface area (Å²) in [6.07, 6.45) is -0.951. The van der Waals surface area contributed by atoms with Crippen molar-refractivity contribution < 1.29 is 38.9 Å². The summed E-state index contributed by atoms with van der Waals surface area (Å²) in [5.74, 6) is -1.79. The maximum atomic E-state index is 13.1. The number of unbranched alkanes of at least 4 members (excludes halogenated alkanes) is 1. The second-order valence-corrected chi connectivity index (χ2v) is 10.7. The summed E-state index contributed by atoms with van der Waals surface area (Å²) in [6.45, 7) is 9.01. The van der Waals surface area contributed by atoms with Crippen LogP contribution >= 0.6 is 0 Å². The van der Waals surface area contributed by atoms with E-state index in [2.05, 4.69) is 0 Å². The Balaban J connectivity index is 2.23. The first kappa shape index (κ1) is 32.8. The van der Waals surface area contributed by atoms with Crippen LogP contribution in [0.25, 0.3) is 11.1 Å². The van der Waals surface area contributed by atoms with Gasteiger partial charge in [0.25, 0.3) is 0 Å². The maximum Gasteiger partial charge on any atom is 0.441 e. The number of methoxy groups -OCH3 is 1. The Labute approximate surface area is 236 Å². The summed E-state index contributed by atoms with van der Waals surface area (Å²) in [4.78, 5) is 31.0. The van der Waals surface area contributed by atoms with Crippen LogP contribution in [0.2, 0.25) is 0 Å². The summed E-state index contributed by atoms with van der Waals surface area (Å²) >= 11 is 0. The Hall–Kier alpha value is -3.38. The van der Waals surface area contributed by atoms with E-state index < -0.39 is 29.2 Å². The molecule has 0 aliphatic rings. The number of hydrogen-bond donors (Lipinski definition) is 4. The third kappa shape index (κ3) is 9.67. The summed E-state index contributed by atoms with van der Waals surface area (Å²) < 4.78 is 15.7. The van der Waals surface area contributed by atoms with Crippen LogP contribution in [0, 0.1) is 0 Å². The zero-order valence-corrected chi connectivity index (χ0v) is 24.2. The fourth-order valence-electron chi connectivity index (χ4n) is 3.84. The van der Waals surface area contributed by atoms with E-state index in [0.717, 1.165) is 28.7 Å². The van der Waals surface area contributed by atoms with Crippen molar-refractivity contribution in [3.8, 4) is 16.9 Å². The smallest absolute Gasteiger partial charge is 0.441 e. The van der Waals surface area contributed by atoms with Crippen molar-refractivity contribution in [3.63, 3.8) is 0 Å². The number of nitrogens with two attached hydrogens (primary N) is 1. The van der Waals surface area contributed by atoms with Gasteiger partial charge >= 0.3 is 12.2 Å². The number of carbonyl (C=O) groups excluding carboxylic acids is 2. The molecule has 1 unspecified atom stereocenters. The molecule has 0 saturated heterocycles. The number of hydrogen-bond acceptors (Lipinski definition) is 9. The molecule has 0 aromatic heterocycles. The average Bonchev–Trinajstić information content (AvgIpc) is 2.87. The minimum Gasteiger partial charge on any atom is -0.491 e. The highest BCUT2D eigenvalue weighted by atomic mass is 16.7. The summed E-state index contributed by atoms with van der Waals surface area (Å²) in [5, 5.41) is 21.5. The van der Waals surface area contributed by atoms with Crippen molar-refractivity contribution in [1.29, 1.82) is 0 Å². The molecule has 0 bridgehead atoms. The Morgan fingerprint density at radius 2 is 1.52 bits per heavy atom. The third-order valence-electron chi connectivity index (χ3n) is 6.05. The van der Waals surface area contributed by atoms with Gasteiger partial charge in [-0.15, -0.1) is 5.48 Å². The Morgan fingerprint density at radius 3 is 2.02 bits per heavy atom. The summed E-state index contributed by atoms with van der Waals surface area (Å²) in [7, 11) is 1.62. The Morgan fingerprint density at radius 1 is 0.950 bits per heavy atom. The van der Waals surface area contributed by atoms with E-state index in [4.69, 9.17) is 24.8 Å². The molecule has 5 N–H and O–H groups in total. The molecule has 0 aliphatic carbocycles. The molecule has 11 nitrogen and oxygen atoms in total. The van der Waals surface area contributed by atoms with Crippen LogP contribution in [-0.4, -0.2) is 71.2 Å². The van der Waals surface area contributed by atoms with Crippen molar-refractivity contribution in [2.45, 2.75) is 70.9 Å². The predicted octanol–water partition coefficient (Wildman–Crippen LogP) is 3.96. The number of nitrogens with one attached hydrogen (secondary N) is 1. The lowest BCUT2D eigenvalue weighted by molar-refractivity contribution is -0.231. The van der Waals surface area contributed by atoms with E-state index in [-0.39, 0.29) is 13.0 Å². The van der Waals surface area contributed by atoms with E-state index in [9.17, 15) is 19.8 Å². The van der Waals surface area contributed by atoms with Gasteiger partial charge in [-0.25, -0.2) is 9.59 Å². The first-order chi connectivity index (χ1) is 18.7. The lowest BCUT2D eigenvalue weighted by Gasteiger charge is -2.46. The molecular weight excluding hydrogens is 518 g/mol. The standard InChI is InChI=1S/C29H43N3O8/c1-7-8-17-32(26(34)40-31-25(33)39-27(2,3)4)29(30,28(5,35)36)20-21-9-11-22(12-10-21)23-13-15-24(16-14-23)38-19-18-37-6/h9-16,35-36H,7-8,17-20,30H2,1-6H3,(H,31,33). The van der Waals surface area contributed by atoms with Crippen LogP contribution in [0.1, 0.15) is 53.0 Å². The van der Waals surface area contributed by atoms with Gasteiger partial charge in [0.05, 0.1) is 6.61 Å². The first-order valence-corrected chi connectivity index (χ1v) is 13.2. The quantitative estimate of drug-likeness (QED) is 0.171. The molecule has 11 heteroatoms. The lowest BCUT2D eigenvalue weighted by Crippen LogP contribution is -2.72. The highest BCUT2D eigenvalue weighted by Gasteiger charge is 2.50. The highest BCUT2D eigenvalue weighted by molar-refractivity contribution is 5.73. The van der Waals surface area contributed by atoms with E-state index in [1.807, 2.05) is 48.8 Å². The normalized spacial score (nSPS) is 13.2. The van der Waals surface area contributed by atoms with Crippen LogP contribution in [0.3, 0.4) is 0 Å². The topological polar surface area (TPSA) is 153 Å². The van der Waals surface area contributed by atoms with E-state index in [1.165, 1.54) is 0 Å². The van der Waals surface area contributed by atoms with Gasteiger partial charge in [0.2, 0.25) is 0 Å². The van der Waals surface area contributed by atoms with Crippen LogP contribution in [0.4, 0.5) is 9.59 Å². The monoisotopic (exact) mass is 561 g/mol. The van der Waals surface area contributed by atoms with E-state index in [0.29, 0.717) is 31.6 Å². The van der Waals surface area contributed by atoms with Crippen LogP contribution in [-0.2, 0) is 20.7 Å². The fourth-order valence-corrected chi connectivity index (χ4v) is 3.84. The average molecular weight is 562 g/mol. The van der Waals surface area contributed by atoms with Crippen LogP contribution in [0.5, 0.6) is 5.75 Å². The number of carbonyl (C=O) groups is 2. The number of benzene rings is 2. The number of amides is 2. The molecule has 222 valence electrons. The highest BCUT2D eigenvalue weighted by Crippen LogP contribution is 2.29. The molecule has 0 spiro atoms. The molecule has 0 saturated carbocycles. The first-order valence-electron chi connectivity index (χ1n) is 13.2. The van der Waals surface area contributed by atoms with Gasteiger partial charge in [0, 0.05) is 20.1 Å². The number of aliphatic hydroxyl groups is 2. The Kier molecular flexibility index (Phi) is 11.7. The van der Waals surface area contributed by atoms with Crippen molar-refractivity contribution in [2.75, 3.05) is 26.9 Å². The van der Waals surface area contributed by atoms with Gasteiger partial charge in [0.1, 0.15) is 18.0 Å². The number of nitrogens with zero attached hydrogens (tertiary/aromatic N) is 1. The van der Waals surface area contributed by atoms with Gasteiger partial charge < -0.3 is 35.0 Å². The number of hydroxylamine groups is 1. The molecule has 0 heterocycles. The summed E-state index contributed by atoms with van der Waals surface area (Å²) in [6, 6.07) is 15.0. The molecule has 40 heavy (non-hydrogen) atoms. The SMILES string of the molecule is CCCCN(C(=O)ONC(=O)OC(C)(C)C)C(N)(Cc1ccc(-c2ccc(OCCOC)cc2)cc1)C(C)(O)O. The molecule has 0 fully saturated rings. The second-order valence-electron chi connectivity index (χ2n) is 10.7.